The molecule has 0 unspecified atom stereocenters. The predicted molar refractivity (Wildman–Crippen MR) is 61.0 cm³/mol. The Bertz CT molecular complexity index is 435. The monoisotopic (exact) mass is 204 g/mol. The Kier molecular flexibility index (Phi) is 2.73. The highest BCUT2D eigenvalue weighted by molar-refractivity contribution is 5.77. The van der Waals surface area contributed by atoms with Crippen LogP contribution in [0.5, 0.6) is 0 Å². The average Bonchev–Trinajstić information content (AvgIpc) is 2.58. The fraction of sp³-hybridized carbons (Fsp3) is 0.417. The molecule has 0 amide bonds. The summed E-state index contributed by atoms with van der Waals surface area (Å²) in [5.41, 5.74) is 4.65. The van der Waals surface area contributed by atoms with Gasteiger partial charge >= 0.3 is 0 Å². The van der Waals surface area contributed by atoms with E-state index >= 15 is 0 Å². The van der Waals surface area contributed by atoms with Gasteiger partial charge in [-0.1, -0.05) is 0 Å². The molecule has 0 atom stereocenters. The van der Waals surface area contributed by atoms with E-state index in [-0.39, 0.29) is 6.61 Å². The van der Waals surface area contributed by atoms with E-state index in [0.717, 1.165) is 29.7 Å². The first-order chi connectivity index (χ1) is 7.20. The van der Waals surface area contributed by atoms with Gasteiger partial charge in [0.2, 0.25) is 0 Å². The number of hydrogen-bond acceptors (Lipinski definition) is 2. The SMILES string of the molecule is Cc1cc2nc(CCCO)[nH]c2cc1C. The van der Waals surface area contributed by atoms with Crippen LogP contribution in [0.2, 0.25) is 0 Å². The zero-order chi connectivity index (χ0) is 10.8. The topological polar surface area (TPSA) is 48.9 Å². The molecule has 3 nitrogen and oxygen atoms in total. The van der Waals surface area contributed by atoms with Gasteiger partial charge in [-0.2, -0.15) is 0 Å². The molecule has 80 valence electrons. The highest BCUT2D eigenvalue weighted by atomic mass is 16.2. The first-order valence-corrected chi connectivity index (χ1v) is 5.27. The lowest BCUT2D eigenvalue weighted by Crippen LogP contribution is -1.90. The quantitative estimate of drug-likeness (QED) is 0.804. The average molecular weight is 204 g/mol. The second-order valence-corrected chi connectivity index (χ2v) is 3.96. The van der Waals surface area contributed by atoms with Gasteiger partial charge in [-0.3, -0.25) is 0 Å². The van der Waals surface area contributed by atoms with Crippen molar-refractivity contribution in [2.75, 3.05) is 6.61 Å². The van der Waals surface area contributed by atoms with Gasteiger partial charge < -0.3 is 10.1 Å². The number of benzene rings is 1. The van der Waals surface area contributed by atoms with Gasteiger partial charge in [0.15, 0.2) is 0 Å². The summed E-state index contributed by atoms with van der Waals surface area (Å²) >= 11 is 0. The van der Waals surface area contributed by atoms with Gasteiger partial charge in [-0.15, -0.1) is 0 Å². The summed E-state index contributed by atoms with van der Waals surface area (Å²) in [4.78, 5) is 7.76. The summed E-state index contributed by atoms with van der Waals surface area (Å²) in [7, 11) is 0. The molecule has 0 spiro atoms. The lowest BCUT2D eigenvalue weighted by atomic mass is 10.1. The summed E-state index contributed by atoms with van der Waals surface area (Å²) in [5, 5.41) is 8.75. The van der Waals surface area contributed by atoms with Crippen LogP contribution in [0.1, 0.15) is 23.4 Å². The number of nitrogens with one attached hydrogen (secondary N) is 1. The van der Waals surface area contributed by atoms with Gasteiger partial charge in [0.1, 0.15) is 5.82 Å². The van der Waals surface area contributed by atoms with Gasteiger partial charge in [0, 0.05) is 13.0 Å². The van der Waals surface area contributed by atoms with E-state index in [9.17, 15) is 0 Å². The molecule has 0 bridgehead atoms. The Labute approximate surface area is 89.2 Å². The van der Waals surface area contributed by atoms with Gasteiger partial charge in [-0.25, -0.2) is 4.98 Å². The van der Waals surface area contributed by atoms with Crippen molar-refractivity contribution >= 4 is 11.0 Å². The van der Waals surface area contributed by atoms with Crippen molar-refractivity contribution in [1.29, 1.82) is 0 Å². The molecule has 15 heavy (non-hydrogen) atoms. The normalized spacial score (nSPS) is 11.1. The van der Waals surface area contributed by atoms with Crippen LogP contribution in [-0.2, 0) is 6.42 Å². The third-order valence-electron chi connectivity index (χ3n) is 2.72. The van der Waals surface area contributed by atoms with Crippen LogP contribution in [0.25, 0.3) is 11.0 Å². The molecule has 0 aliphatic heterocycles. The third-order valence-corrected chi connectivity index (χ3v) is 2.72. The number of nitrogens with zero attached hydrogens (tertiary/aromatic N) is 1. The molecule has 1 aromatic heterocycles. The molecule has 2 rings (SSSR count). The number of imidazole rings is 1. The van der Waals surface area contributed by atoms with Crippen molar-refractivity contribution in [1.82, 2.24) is 9.97 Å². The van der Waals surface area contributed by atoms with Crippen LogP contribution in [0.4, 0.5) is 0 Å². The largest absolute Gasteiger partial charge is 0.396 e. The summed E-state index contributed by atoms with van der Waals surface area (Å²) < 4.78 is 0. The number of fused-ring (bicyclic) bond motifs is 1. The second kappa shape index (κ2) is 4.03. The van der Waals surface area contributed by atoms with Crippen molar-refractivity contribution < 1.29 is 5.11 Å². The van der Waals surface area contributed by atoms with E-state index in [1.807, 2.05) is 0 Å². The summed E-state index contributed by atoms with van der Waals surface area (Å²) in [5.74, 6) is 0.962. The van der Waals surface area contributed by atoms with Crippen molar-refractivity contribution in [2.24, 2.45) is 0 Å². The van der Waals surface area contributed by atoms with E-state index in [1.54, 1.807) is 0 Å². The van der Waals surface area contributed by atoms with Crippen molar-refractivity contribution in [3.05, 3.63) is 29.1 Å². The molecule has 1 heterocycles. The molecule has 0 aliphatic rings. The van der Waals surface area contributed by atoms with Crippen LogP contribution in [0, 0.1) is 13.8 Å². The Morgan fingerprint density at radius 2 is 2.00 bits per heavy atom. The van der Waals surface area contributed by atoms with E-state index in [0.29, 0.717) is 0 Å². The van der Waals surface area contributed by atoms with Gasteiger partial charge in [0.05, 0.1) is 11.0 Å². The third kappa shape index (κ3) is 2.02. The van der Waals surface area contributed by atoms with Crippen LogP contribution < -0.4 is 0 Å². The maximum atomic E-state index is 8.75. The number of aromatic amines is 1. The number of aliphatic hydroxyl groups is 1. The highest BCUT2D eigenvalue weighted by Crippen LogP contribution is 2.17. The zero-order valence-corrected chi connectivity index (χ0v) is 9.17. The maximum Gasteiger partial charge on any atom is 0.107 e. The molecule has 0 saturated carbocycles. The lowest BCUT2D eigenvalue weighted by Gasteiger charge is -1.97. The number of aliphatic hydroxyl groups excluding tert-OH is 1. The molecule has 2 N–H and O–H groups in total. The smallest absolute Gasteiger partial charge is 0.107 e. The number of H-pyrrole nitrogens is 1. The molecule has 2 aromatic rings. The second-order valence-electron chi connectivity index (χ2n) is 3.96. The van der Waals surface area contributed by atoms with Crippen molar-refractivity contribution in [3.63, 3.8) is 0 Å². The van der Waals surface area contributed by atoms with E-state index < -0.39 is 0 Å². The Balaban J connectivity index is 2.38. The molecule has 1 aromatic carbocycles. The standard InChI is InChI=1S/C12H16N2O/c1-8-6-10-11(7-9(8)2)14-12(13-10)4-3-5-15/h6-7,15H,3-5H2,1-2H3,(H,13,14). The number of hydrogen-bond donors (Lipinski definition) is 2. The van der Waals surface area contributed by atoms with Gasteiger partial charge in [-0.05, 0) is 43.5 Å². The molecule has 0 fully saturated rings. The van der Waals surface area contributed by atoms with Crippen molar-refractivity contribution in [3.8, 4) is 0 Å². The maximum absolute atomic E-state index is 8.75. The fourth-order valence-corrected chi connectivity index (χ4v) is 1.69. The minimum absolute atomic E-state index is 0.217. The highest BCUT2D eigenvalue weighted by Gasteiger charge is 2.04. The lowest BCUT2D eigenvalue weighted by molar-refractivity contribution is 0.287. The van der Waals surface area contributed by atoms with Crippen molar-refractivity contribution in [2.45, 2.75) is 26.7 Å². The first-order valence-electron chi connectivity index (χ1n) is 5.27. The molecular formula is C12H16N2O. The predicted octanol–water partition coefficient (Wildman–Crippen LogP) is 2.10. The van der Waals surface area contributed by atoms with Crippen LogP contribution in [-0.4, -0.2) is 21.7 Å². The number of aryl methyl sites for hydroxylation is 3. The first kappa shape index (κ1) is 10.2. The molecule has 0 radical (unpaired) electrons. The van der Waals surface area contributed by atoms with Crippen LogP contribution in [0.15, 0.2) is 12.1 Å². The Hall–Kier alpha value is -1.35. The van der Waals surface area contributed by atoms with Gasteiger partial charge in [0.25, 0.3) is 0 Å². The number of rotatable bonds is 3. The van der Waals surface area contributed by atoms with Crippen LogP contribution in [0.3, 0.4) is 0 Å². The molecular weight excluding hydrogens is 188 g/mol. The molecule has 3 heteroatoms. The molecule has 0 aliphatic carbocycles. The minimum atomic E-state index is 0.217. The Morgan fingerprint density at radius 1 is 1.27 bits per heavy atom. The van der Waals surface area contributed by atoms with E-state index in [1.165, 1.54) is 11.1 Å². The summed E-state index contributed by atoms with van der Waals surface area (Å²) in [6.07, 6.45) is 1.57. The summed E-state index contributed by atoms with van der Waals surface area (Å²) in [6, 6.07) is 4.23. The minimum Gasteiger partial charge on any atom is -0.396 e. The molecule has 0 saturated heterocycles. The van der Waals surface area contributed by atoms with Crippen LogP contribution >= 0.6 is 0 Å². The Morgan fingerprint density at radius 3 is 2.73 bits per heavy atom. The number of aromatic nitrogens is 2. The summed E-state index contributed by atoms with van der Waals surface area (Å²) in [6.45, 7) is 4.41. The van der Waals surface area contributed by atoms with E-state index in [2.05, 4.69) is 35.9 Å². The fourth-order valence-electron chi connectivity index (χ4n) is 1.69. The zero-order valence-electron chi connectivity index (χ0n) is 9.17. The van der Waals surface area contributed by atoms with E-state index in [4.69, 9.17) is 5.11 Å².